The molecule has 20 heavy (non-hydrogen) atoms. The lowest BCUT2D eigenvalue weighted by molar-refractivity contribution is 0.249. The van der Waals surface area contributed by atoms with E-state index in [1.807, 2.05) is 67.6 Å². The number of amides is 2. The van der Waals surface area contributed by atoms with E-state index in [0.717, 1.165) is 17.5 Å². The molecule has 3 nitrogen and oxygen atoms in total. The van der Waals surface area contributed by atoms with Gasteiger partial charge in [0.05, 0.1) is 5.71 Å². The molecule has 0 fully saturated rings. The zero-order valence-electron chi connectivity index (χ0n) is 11.5. The monoisotopic (exact) mass is 266 g/mol. The van der Waals surface area contributed by atoms with Crippen LogP contribution in [0.5, 0.6) is 0 Å². The number of hydrogen-bond acceptors (Lipinski definition) is 1. The van der Waals surface area contributed by atoms with Gasteiger partial charge < -0.3 is 5.32 Å². The van der Waals surface area contributed by atoms with Crippen molar-refractivity contribution in [2.45, 2.75) is 13.3 Å². The van der Waals surface area contributed by atoms with Crippen molar-refractivity contribution in [2.24, 2.45) is 4.99 Å². The summed E-state index contributed by atoms with van der Waals surface area (Å²) in [5.41, 5.74) is 2.57. The van der Waals surface area contributed by atoms with Crippen LogP contribution in [0.25, 0.3) is 0 Å². The van der Waals surface area contributed by atoms with Crippen LogP contribution in [0.4, 0.5) is 4.79 Å². The molecule has 0 bridgehead atoms. The quantitative estimate of drug-likeness (QED) is 0.843. The SMILES string of the molecule is CCCNC(=O)N=C(c1ccccc1)c1ccccc1. The van der Waals surface area contributed by atoms with Gasteiger partial charge in [0, 0.05) is 17.7 Å². The van der Waals surface area contributed by atoms with E-state index in [-0.39, 0.29) is 6.03 Å². The fourth-order valence-corrected chi connectivity index (χ4v) is 1.86. The smallest absolute Gasteiger partial charge is 0.336 e. The van der Waals surface area contributed by atoms with Crippen molar-refractivity contribution in [3.8, 4) is 0 Å². The van der Waals surface area contributed by atoms with E-state index >= 15 is 0 Å². The Morgan fingerprint density at radius 3 is 1.90 bits per heavy atom. The third-order valence-electron chi connectivity index (χ3n) is 2.83. The lowest BCUT2D eigenvalue weighted by Gasteiger charge is -2.07. The first-order valence-electron chi connectivity index (χ1n) is 6.78. The molecular formula is C17H18N2O. The predicted molar refractivity (Wildman–Crippen MR) is 82.2 cm³/mol. The summed E-state index contributed by atoms with van der Waals surface area (Å²) in [5, 5.41) is 2.78. The maximum atomic E-state index is 11.9. The van der Waals surface area contributed by atoms with Crippen molar-refractivity contribution in [3.05, 3.63) is 71.8 Å². The van der Waals surface area contributed by atoms with Crippen molar-refractivity contribution in [3.63, 3.8) is 0 Å². The van der Waals surface area contributed by atoms with Gasteiger partial charge in [0.2, 0.25) is 0 Å². The second-order valence-electron chi connectivity index (χ2n) is 4.42. The summed E-state index contributed by atoms with van der Waals surface area (Å²) in [6.45, 7) is 2.65. The molecule has 0 atom stereocenters. The van der Waals surface area contributed by atoms with Crippen LogP contribution in [-0.4, -0.2) is 18.3 Å². The molecule has 2 amide bonds. The van der Waals surface area contributed by atoms with Gasteiger partial charge in [0.1, 0.15) is 0 Å². The molecule has 102 valence electrons. The number of carbonyl (C=O) groups excluding carboxylic acids is 1. The van der Waals surface area contributed by atoms with E-state index in [9.17, 15) is 4.79 Å². The summed E-state index contributed by atoms with van der Waals surface area (Å²) in [5.74, 6) is 0. The number of nitrogens with one attached hydrogen (secondary N) is 1. The molecule has 0 saturated heterocycles. The molecule has 0 saturated carbocycles. The van der Waals surface area contributed by atoms with Gasteiger partial charge >= 0.3 is 6.03 Å². The highest BCUT2D eigenvalue weighted by atomic mass is 16.2. The van der Waals surface area contributed by atoms with Crippen molar-refractivity contribution < 1.29 is 4.79 Å². The first-order valence-corrected chi connectivity index (χ1v) is 6.78. The molecule has 0 heterocycles. The third-order valence-corrected chi connectivity index (χ3v) is 2.83. The topological polar surface area (TPSA) is 41.5 Å². The van der Waals surface area contributed by atoms with E-state index in [0.29, 0.717) is 12.3 Å². The number of urea groups is 1. The van der Waals surface area contributed by atoms with E-state index in [4.69, 9.17) is 0 Å². The minimum absolute atomic E-state index is 0.297. The molecule has 0 aliphatic carbocycles. The van der Waals surface area contributed by atoms with Crippen LogP contribution in [-0.2, 0) is 0 Å². The Morgan fingerprint density at radius 2 is 1.45 bits per heavy atom. The van der Waals surface area contributed by atoms with Crippen LogP contribution in [0, 0.1) is 0 Å². The van der Waals surface area contributed by atoms with Crippen molar-refractivity contribution in [1.29, 1.82) is 0 Å². The highest BCUT2D eigenvalue weighted by molar-refractivity contribution is 6.16. The van der Waals surface area contributed by atoms with Crippen molar-refractivity contribution in [2.75, 3.05) is 6.54 Å². The predicted octanol–water partition coefficient (Wildman–Crippen LogP) is 3.64. The van der Waals surface area contributed by atoms with Gasteiger partial charge in [-0.1, -0.05) is 67.6 Å². The molecule has 0 aliphatic heterocycles. The second-order valence-corrected chi connectivity index (χ2v) is 4.42. The Morgan fingerprint density at radius 1 is 0.950 bits per heavy atom. The number of hydrogen-bond donors (Lipinski definition) is 1. The molecule has 0 unspecified atom stereocenters. The normalized spacial score (nSPS) is 9.85. The Kier molecular flexibility index (Phi) is 5.07. The highest BCUT2D eigenvalue weighted by Gasteiger charge is 2.08. The van der Waals surface area contributed by atoms with E-state index in [1.165, 1.54) is 0 Å². The van der Waals surface area contributed by atoms with Gasteiger partial charge in [0.25, 0.3) is 0 Å². The van der Waals surface area contributed by atoms with Crippen molar-refractivity contribution >= 4 is 11.7 Å². The molecule has 2 aromatic rings. The summed E-state index contributed by atoms with van der Waals surface area (Å²) in [7, 11) is 0. The second kappa shape index (κ2) is 7.24. The molecule has 2 aromatic carbocycles. The van der Waals surface area contributed by atoms with Crippen LogP contribution in [0.2, 0.25) is 0 Å². The fraction of sp³-hybridized carbons (Fsp3) is 0.176. The molecule has 0 aromatic heterocycles. The lowest BCUT2D eigenvalue weighted by atomic mass is 10.0. The molecule has 3 heteroatoms. The fourth-order valence-electron chi connectivity index (χ4n) is 1.86. The largest absolute Gasteiger partial charge is 0.341 e. The van der Waals surface area contributed by atoms with Crippen LogP contribution < -0.4 is 5.32 Å². The standard InChI is InChI=1S/C17H18N2O/c1-2-13-18-17(20)19-16(14-9-5-3-6-10-14)15-11-7-4-8-12-15/h3-12H,2,13H2,1H3,(H,18,20). The van der Waals surface area contributed by atoms with Crippen molar-refractivity contribution in [1.82, 2.24) is 5.32 Å². The number of benzene rings is 2. The van der Waals surface area contributed by atoms with Gasteiger partial charge in [-0.05, 0) is 6.42 Å². The Balaban J connectivity index is 2.35. The maximum Gasteiger partial charge on any atom is 0.341 e. The van der Waals surface area contributed by atoms with Gasteiger partial charge in [-0.15, -0.1) is 0 Å². The third kappa shape index (κ3) is 3.79. The minimum atomic E-state index is -0.297. The van der Waals surface area contributed by atoms with Crippen LogP contribution in [0.1, 0.15) is 24.5 Å². The number of carbonyl (C=O) groups is 1. The molecule has 2 rings (SSSR count). The van der Waals surface area contributed by atoms with E-state index in [1.54, 1.807) is 0 Å². The van der Waals surface area contributed by atoms with Gasteiger partial charge in [-0.2, -0.15) is 4.99 Å². The Bertz CT molecular complexity index is 535. The van der Waals surface area contributed by atoms with Gasteiger partial charge in [-0.3, -0.25) is 0 Å². The molecule has 0 radical (unpaired) electrons. The number of aliphatic imine (C=N–C) groups is 1. The summed E-state index contributed by atoms with van der Waals surface area (Å²) in [6.07, 6.45) is 0.896. The van der Waals surface area contributed by atoms with E-state index in [2.05, 4.69) is 10.3 Å². The van der Waals surface area contributed by atoms with E-state index < -0.39 is 0 Å². The zero-order valence-corrected chi connectivity index (χ0v) is 11.5. The number of nitrogens with zero attached hydrogens (tertiary/aromatic N) is 1. The average molecular weight is 266 g/mol. The number of rotatable bonds is 4. The highest BCUT2D eigenvalue weighted by Crippen LogP contribution is 2.11. The Labute approximate surface area is 119 Å². The Hall–Kier alpha value is -2.42. The van der Waals surface area contributed by atoms with Gasteiger partial charge in [0.15, 0.2) is 0 Å². The summed E-state index contributed by atoms with van der Waals surface area (Å²) >= 11 is 0. The maximum absolute atomic E-state index is 11.9. The van der Waals surface area contributed by atoms with Gasteiger partial charge in [-0.25, -0.2) is 4.79 Å². The summed E-state index contributed by atoms with van der Waals surface area (Å²) in [6, 6.07) is 19.2. The molecule has 0 aliphatic rings. The average Bonchev–Trinajstić information content (AvgIpc) is 2.52. The van der Waals surface area contributed by atoms with Crippen LogP contribution >= 0.6 is 0 Å². The lowest BCUT2D eigenvalue weighted by Crippen LogP contribution is -2.22. The first kappa shape index (κ1) is 14.0. The zero-order chi connectivity index (χ0) is 14.2. The molecule has 0 spiro atoms. The minimum Gasteiger partial charge on any atom is -0.336 e. The summed E-state index contributed by atoms with van der Waals surface area (Å²) < 4.78 is 0. The molecular weight excluding hydrogens is 248 g/mol. The first-order chi connectivity index (χ1) is 9.81. The van der Waals surface area contributed by atoms with Crippen LogP contribution in [0.3, 0.4) is 0 Å². The van der Waals surface area contributed by atoms with Crippen LogP contribution in [0.15, 0.2) is 65.7 Å². The summed E-state index contributed by atoms with van der Waals surface area (Å²) in [4.78, 5) is 16.1. The molecule has 1 N–H and O–H groups in total.